The van der Waals surface area contributed by atoms with Gasteiger partial charge in [-0.05, 0) is 0 Å². The first-order valence-corrected chi connectivity index (χ1v) is 7.38. The third-order valence-electron chi connectivity index (χ3n) is 2.60. The van der Waals surface area contributed by atoms with E-state index in [9.17, 15) is 87.4 Å². The van der Waals surface area contributed by atoms with Crippen molar-refractivity contribution >= 4 is 10.1 Å². The van der Waals surface area contributed by atoms with Crippen LogP contribution in [0.3, 0.4) is 0 Å². The van der Waals surface area contributed by atoms with E-state index in [0.29, 0.717) is 0 Å². The van der Waals surface area contributed by atoms with Crippen LogP contribution in [0.25, 0.3) is 0 Å². The van der Waals surface area contributed by atoms with Gasteiger partial charge in [-0.25, -0.2) is 4.74 Å². The average molecular weight is 534 g/mol. The van der Waals surface area contributed by atoms with Crippen molar-refractivity contribution in [3.63, 3.8) is 0 Å². The lowest BCUT2D eigenvalue weighted by molar-refractivity contribution is -0.521. The summed E-state index contributed by atoms with van der Waals surface area (Å²) in [6.45, 7) is 0. The van der Waals surface area contributed by atoms with Gasteiger partial charge >= 0.3 is 57.9 Å². The molecule has 0 N–H and O–H groups in total. The van der Waals surface area contributed by atoms with Crippen LogP contribution in [0.5, 0.6) is 0 Å². The molecule has 0 spiro atoms. The van der Waals surface area contributed by atoms with Crippen LogP contribution in [-0.2, 0) is 19.0 Å². The molecular formula is C8F18O4S. The standard InChI is InChI=1S/C8F18O4S/c9-1(10,4(15,16)17)2(11,12)5(18,19)29-6(20,21)3(13,14)7(22,23)30-31(27,28)8(24,25)26. The van der Waals surface area contributed by atoms with Crippen LogP contribution in [0, 0.1) is 0 Å². The van der Waals surface area contributed by atoms with Crippen LogP contribution >= 0.6 is 0 Å². The van der Waals surface area contributed by atoms with E-state index in [1.807, 2.05) is 0 Å². The second-order valence-electron chi connectivity index (χ2n) is 4.86. The Morgan fingerprint density at radius 1 is 0.452 bits per heavy atom. The highest BCUT2D eigenvalue weighted by molar-refractivity contribution is 7.87. The molecule has 0 aromatic rings. The SMILES string of the molecule is O=S(=O)(OC(F)(F)C(F)(F)C(F)(F)OC(F)(F)C(F)(F)C(F)(F)C(F)(F)F)C(F)(F)F. The molecule has 0 saturated heterocycles. The Morgan fingerprint density at radius 3 is 1.06 bits per heavy atom. The predicted octanol–water partition coefficient (Wildman–Crippen LogP) is 5.12. The van der Waals surface area contributed by atoms with Gasteiger partial charge in [-0.15, -0.1) is 0 Å². The second kappa shape index (κ2) is 7.31. The van der Waals surface area contributed by atoms with Crippen molar-refractivity contribution in [1.82, 2.24) is 0 Å². The molecule has 0 bridgehead atoms. The summed E-state index contributed by atoms with van der Waals surface area (Å²) >= 11 is 0. The van der Waals surface area contributed by atoms with E-state index in [1.165, 1.54) is 4.18 Å². The fourth-order valence-electron chi connectivity index (χ4n) is 1.06. The fourth-order valence-corrected chi connectivity index (χ4v) is 1.53. The van der Waals surface area contributed by atoms with E-state index in [-0.39, 0.29) is 0 Å². The monoisotopic (exact) mass is 534 g/mol. The Labute approximate surface area is 155 Å². The van der Waals surface area contributed by atoms with Crippen molar-refractivity contribution in [2.45, 2.75) is 47.8 Å². The van der Waals surface area contributed by atoms with Gasteiger partial charge in [-0.3, -0.25) is 0 Å². The average Bonchev–Trinajstić information content (AvgIpc) is 2.41. The predicted molar refractivity (Wildman–Crippen MR) is 52.9 cm³/mol. The Kier molecular flexibility index (Phi) is 6.99. The summed E-state index contributed by atoms with van der Waals surface area (Å²) in [6.07, 6.45) is -31.6. The van der Waals surface area contributed by atoms with Crippen LogP contribution in [0.2, 0.25) is 0 Å². The van der Waals surface area contributed by atoms with Gasteiger partial charge in [0.25, 0.3) is 0 Å². The molecule has 0 atom stereocenters. The normalized spacial score (nSPS) is 16.6. The van der Waals surface area contributed by atoms with Crippen molar-refractivity contribution in [2.24, 2.45) is 0 Å². The Bertz CT molecular complexity index is 760. The highest BCUT2D eigenvalue weighted by Gasteiger charge is 2.86. The van der Waals surface area contributed by atoms with Crippen molar-refractivity contribution in [2.75, 3.05) is 0 Å². The number of halogens is 18. The van der Waals surface area contributed by atoms with Gasteiger partial charge < -0.3 is 0 Å². The summed E-state index contributed by atoms with van der Waals surface area (Å²) in [5, 5.41) is 0. The Balaban J connectivity index is 6.27. The van der Waals surface area contributed by atoms with Crippen LogP contribution in [-0.4, -0.2) is 56.2 Å². The van der Waals surface area contributed by atoms with Gasteiger partial charge in [-0.2, -0.15) is 91.6 Å². The molecule has 0 aliphatic carbocycles. The topological polar surface area (TPSA) is 52.6 Å². The van der Waals surface area contributed by atoms with Crippen LogP contribution in [0.15, 0.2) is 0 Å². The van der Waals surface area contributed by atoms with Gasteiger partial charge in [0.2, 0.25) is 0 Å². The lowest BCUT2D eigenvalue weighted by Gasteiger charge is -2.37. The summed E-state index contributed by atoms with van der Waals surface area (Å²) in [7, 11) is -7.94. The molecule has 31 heavy (non-hydrogen) atoms. The van der Waals surface area contributed by atoms with Gasteiger partial charge in [-0.1, -0.05) is 0 Å². The zero-order valence-electron chi connectivity index (χ0n) is 12.8. The van der Waals surface area contributed by atoms with E-state index in [1.54, 1.807) is 0 Å². The van der Waals surface area contributed by atoms with Crippen LogP contribution in [0.1, 0.15) is 0 Å². The smallest absolute Gasteiger partial charge is 0.245 e. The second-order valence-corrected chi connectivity index (χ2v) is 6.39. The molecule has 0 saturated carbocycles. The molecule has 0 rings (SSSR count). The molecule has 0 fully saturated rings. The molecule has 0 aromatic carbocycles. The lowest BCUT2D eigenvalue weighted by Crippen LogP contribution is -2.66. The van der Waals surface area contributed by atoms with Crippen molar-refractivity contribution in [1.29, 1.82) is 0 Å². The van der Waals surface area contributed by atoms with E-state index < -0.39 is 57.9 Å². The number of ether oxygens (including phenoxy) is 1. The number of rotatable bonds is 8. The molecule has 23 heteroatoms. The zero-order chi connectivity index (χ0) is 25.9. The molecule has 0 amide bonds. The molecule has 0 aliphatic heterocycles. The summed E-state index contributed by atoms with van der Waals surface area (Å²) in [4.78, 5) is 0. The highest BCUT2D eigenvalue weighted by Crippen LogP contribution is 2.57. The maximum absolute atomic E-state index is 13.0. The molecular weight excluding hydrogens is 534 g/mol. The van der Waals surface area contributed by atoms with E-state index in [0.717, 1.165) is 4.74 Å². The first kappa shape index (κ1) is 29.6. The minimum absolute atomic E-state index is 1.04. The number of hydrogen-bond acceptors (Lipinski definition) is 4. The van der Waals surface area contributed by atoms with E-state index in [4.69, 9.17) is 0 Å². The van der Waals surface area contributed by atoms with Crippen molar-refractivity contribution in [3.8, 4) is 0 Å². The van der Waals surface area contributed by atoms with Crippen molar-refractivity contribution in [3.05, 3.63) is 0 Å². The Hall–Kier alpha value is -1.39. The van der Waals surface area contributed by atoms with Gasteiger partial charge in [0.1, 0.15) is 0 Å². The van der Waals surface area contributed by atoms with Crippen LogP contribution < -0.4 is 0 Å². The molecule has 0 aliphatic rings. The van der Waals surface area contributed by atoms with Gasteiger partial charge in [0.15, 0.2) is 0 Å². The number of hydrogen-bond donors (Lipinski definition) is 0. The van der Waals surface area contributed by atoms with Crippen LogP contribution in [0.4, 0.5) is 79.0 Å². The number of alkyl halides is 18. The molecule has 4 nitrogen and oxygen atoms in total. The molecule has 0 radical (unpaired) electrons. The molecule has 188 valence electrons. The largest absolute Gasteiger partial charge is 0.523 e. The van der Waals surface area contributed by atoms with E-state index >= 15 is 0 Å². The van der Waals surface area contributed by atoms with Gasteiger partial charge in [0.05, 0.1) is 0 Å². The fraction of sp³-hybridized carbons (Fsp3) is 1.00. The maximum Gasteiger partial charge on any atom is 0.523 e. The summed E-state index contributed by atoms with van der Waals surface area (Å²) in [6, 6.07) is 0. The first-order chi connectivity index (χ1) is 12.9. The highest BCUT2D eigenvalue weighted by atomic mass is 32.2. The third-order valence-corrected chi connectivity index (χ3v) is 3.60. The Morgan fingerprint density at radius 2 is 0.774 bits per heavy atom. The molecule has 0 aromatic heterocycles. The minimum Gasteiger partial charge on any atom is -0.245 e. The zero-order valence-corrected chi connectivity index (χ0v) is 13.7. The summed E-state index contributed by atoms with van der Waals surface area (Å²) in [5.74, 6) is -24.4. The van der Waals surface area contributed by atoms with E-state index in [2.05, 4.69) is 0 Å². The molecule has 0 heterocycles. The third kappa shape index (κ3) is 4.85. The lowest BCUT2D eigenvalue weighted by atomic mass is 10.1. The summed E-state index contributed by atoms with van der Waals surface area (Å²) < 4.78 is 247. The maximum atomic E-state index is 13.0. The minimum atomic E-state index is -8.22. The van der Waals surface area contributed by atoms with Gasteiger partial charge in [0, 0.05) is 0 Å². The van der Waals surface area contributed by atoms with Crippen molar-refractivity contribution < 1.29 is 96.4 Å². The quantitative estimate of drug-likeness (QED) is 0.247. The summed E-state index contributed by atoms with van der Waals surface area (Å²) in [5.41, 5.74) is -7.05. The molecule has 0 unspecified atom stereocenters. The first-order valence-electron chi connectivity index (χ1n) is 5.97.